The van der Waals surface area contributed by atoms with Crippen molar-refractivity contribution in [3.05, 3.63) is 55.7 Å². The zero-order valence-corrected chi connectivity index (χ0v) is 14.6. The summed E-state index contributed by atoms with van der Waals surface area (Å²) < 4.78 is 14.4. The average Bonchev–Trinajstić information content (AvgIpc) is 3.05. The second-order valence-electron chi connectivity index (χ2n) is 5.21. The maximum absolute atomic E-state index is 13.0. The number of anilines is 1. The Morgan fingerprint density at radius 3 is 2.62 bits per heavy atom. The van der Waals surface area contributed by atoms with Crippen LogP contribution in [0.15, 0.2) is 34.4 Å². The zero-order valence-electron chi connectivity index (χ0n) is 13.0. The van der Waals surface area contributed by atoms with Gasteiger partial charge in [0.1, 0.15) is 12.4 Å². The van der Waals surface area contributed by atoms with Crippen LogP contribution >= 0.6 is 22.7 Å². The first kappa shape index (κ1) is 16.5. The third-order valence-electron chi connectivity index (χ3n) is 3.44. The molecule has 0 unspecified atom stereocenters. The Hall–Kier alpha value is -2.32. The van der Waals surface area contributed by atoms with Crippen molar-refractivity contribution in [2.45, 2.75) is 20.4 Å². The van der Waals surface area contributed by atoms with Gasteiger partial charge in [-0.1, -0.05) is 11.3 Å². The summed E-state index contributed by atoms with van der Waals surface area (Å²) in [5.74, 6) is -0.616. The van der Waals surface area contributed by atoms with Gasteiger partial charge in [-0.05, 0) is 38.1 Å². The molecule has 1 aromatic carbocycles. The van der Waals surface area contributed by atoms with E-state index in [0.717, 1.165) is 27.5 Å². The van der Waals surface area contributed by atoms with E-state index in [-0.39, 0.29) is 23.1 Å². The molecule has 5 nitrogen and oxygen atoms in total. The van der Waals surface area contributed by atoms with Gasteiger partial charge in [0.15, 0.2) is 5.13 Å². The minimum Gasteiger partial charge on any atom is -0.300 e. The first-order valence-electron chi connectivity index (χ1n) is 7.12. The number of nitrogens with one attached hydrogen (secondary N) is 1. The van der Waals surface area contributed by atoms with Crippen molar-refractivity contribution < 1.29 is 9.18 Å². The first-order chi connectivity index (χ1) is 11.4. The molecule has 124 valence electrons. The van der Waals surface area contributed by atoms with Gasteiger partial charge in [-0.25, -0.2) is 9.37 Å². The maximum Gasteiger partial charge on any atom is 0.307 e. The van der Waals surface area contributed by atoms with Crippen molar-refractivity contribution in [1.82, 2.24) is 9.55 Å². The topological polar surface area (TPSA) is 64.0 Å². The molecule has 1 N–H and O–H groups in total. The standard InChI is InChI=1S/C16H14FN3O2S2/c1-9-8-23-16(22)20(9)7-13(21)18-15-19-14(10(2)24-15)11-3-5-12(17)6-4-11/h3-6,8H,7H2,1-2H3,(H,18,19,21). The van der Waals surface area contributed by atoms with Crippen molar-refractivity contribution in [3.8, 4) is 11.3 Å². The van der Waals surface area contributed by atoms with E-state index in [4.69, 9.17) is 0 Å². The van der Waals surface area contributed by atoms with Gasteiger partial charge in [0.25, 0.3) is 0 Å². The summed E-state index contributed by atoms with van der Waals surface area (Å²) in [5, 5.41) is 4.89. The molecule has 2 heterocycles. The summed E-state index contributed by atoms with van der Waals surface area (Å²) >= 11 is 2.41. The lowest BCUT2D eigenvalue weighted by Crippen LogP contribution is -2.25. The molecule has 24 heavy (non-hydrogen) atoms. The molecular weight excluding hydrogens is 349 g/mol. The summed E-state index contributed by atoms with van der Waals surface area (Å²) in [6.45, 7) is 3.63. The largest absolute Gasteiger partial charge is 0.307 e. The third-order valence-corrected chi connectivity index (χ3v) is 5.21. The van der Waals surface area contributed by atoms with E-state index in [9.17, 15) is 14.0 Å². The molecule has 0 bridgehead atoms. The Kier molecular flexibility index (Phi) is 4.59. The fraction of sp³-hybridized carbons (Fsp3) is 0.188. The Labute approximate surface area is 145 Å². The van der Waals surface area contributed by atoms with Crippen LogP contribution < -0.4 is 10.2 Å². The zero-order chi connectivity index (χ0) is 17.3. The highest BCUT2D eigenvalue weighted by Gasteiger charge is 2.14. The third kappa shape index (κ3) is 3.44. The van der Waals surface area contributed by atoms with E-state index in [1.165, 1.54) is 28.0 Å². The van der Waals surface area contributed by atoms with E-state index in [2.05, 4.69) is 10.3 Å². The van der Waals surface area contributed by atoms with Crippen LogP contribution in [-0.4, -0.2) is 15.5 Å². The van der Waals surface area contributed by atoms with E-state index >= 15 is 0 Å². The normalized spacial score (nSPS) is 10.8. The van der Waals surface area contributed by atoms with Crippen molar-refractivity contribution in [2.24, 2.45) is 0 Å². The second kappa shape index (κ2) is 6.66. The first-order valence-corrected chi connectivity index (χ1v) is 8.82. The lowest BCUT2D eigenvalue weighted by atomic mass is 10.1. The van der Waals surface area contributed by atoms with Gasteiger partial charge in [0, 0.05) is 21.5 Å². The Morgan fingerprint density at radius 2 is 2.00 bits per heavy atom. The fourth-order valence-electron chi connectivity index (χ4n) is 2.22. The summed E-state index contributed by atoms with van der Waals surface area (Å²) in [5.41, 5.74) is 2.25. The van der Waals surface area contributed by atoms with Crippen LogP contribution in [0.25, 0.3) is 11.3 Å². The molecule has 3 aromatic rings. The average molecular weight is 363 g/mol. The molecule has 0 spiro atoms. The highest BCUT2D eigenvalue weighted by molar-refractivity contribution is 7.16. The molecule has 0 saturated carbocycles. The molecule has 0 aliphatic heterocycles. The molecule has 0 radical (unpaired) electrons. The molecular formula is C16H14FN3O2S2. The highest BCUT2D eigenvalue weighted by atomic mass is 32.1. The SMILES string of the molecule is Cc1sc(NC(=O)Cn2c(C)csc2=O)nc1-c1ccc(F)cc1. The molecule has 0 aliphatic rings. The van der Waals surface area contributed by atoms with Crippen molar-refractivity contribution >= 4 is 33.7 Å². The van der Waals surface area contributed by atoms with Crippen LogP contribution in [0.5, 0.6) is 0 Å². The summed E-state index contributed by atoms with van der Waals surface area (Å²) in [6, 6.07) is 6.05. The number of benzene rings is 1. The predicted molar refractivity (Wildman–Crippen MR) is 94.2 cm³/mol. The van der Waals surface area contributed by atoms with Crippen LogP contribution in [-0.2, 0) is 11.3 Å². The number of aromatic nitrogens is 2. The number of rotatable bonds is 4. The van der Waals surface area contributed by atoms with Crippen molar-refractivity contribution in [1.29, 1.82) is 0 Å². The van der Waals surface area contributed by atoms with Gasteiger partial charge in [-0.3, -0.25) is 14.2 Å². The van der Waals surface area contributed by atoms with E-state index in [1.54, 1.807) is 24.4 Å². The van der Waals surface area contributed by atoms with Gasteiger partial charge >= 0.3 is 4.87 Å². The van der Waals surface area contributed by atoms with E-state index in [0.29, 0.717) is 10.8 Å². The Balaban J connectivity index is 1.76. The predicted octanol–water partition coefficient (Wildman–Crippen LogP) is 3.43. The number of aryl methyl sites for hydroxylation is 2. The molecule has 1 amide bonds. The number of thiazole rings is 2. The van der Waals surface area contributed by atoms with E-state index < -0.39 is 0 Å². The highest BCUT2D eigenvalue weighted by Crippen LogP contribution is 2.30. The summed E-state index contributed by atoms with van der Waals surface area (Å²) in [6.07, 6.45) is 0. The smallest absolute Gasteiger partial charge is 0.300 e. The van der Waals surface area contributed by atoms with Crippen LogP contribution in [0.2, 0.25) is 0 Å². The number of carbonyl (C=O) groups is 1. The summed E-state index contributed by atoms with van der Waals surface area (Å²) in [7, 11) is 0. The van der Waals surface area contributed by atoms with Gasteiger partial charge in [-0.2, -0.15) is 0 Å². The van der Waals surface area contributed by atoms with Crippen LogP contribution in [0.1, 0.15) is 10.6 Å². The van der Waals surface area contributed by atoms with Crippen molar-refractivity contribution in [2.75, 3.05) is 5.32 Å². The monoisotopic (exact) mass is 363 g/mol. The Bertz CT molecular complexity index is 941. The minimum atomic E-state index is -0.309. The molecule has 0 aliphatic carbocycles. The summed E-state index contributed by atoms with van der Waals surface area (Å²) in [4.78, 5) is 29.0. The lowest BCUT2D eigenvalue weighted by molar-refractivity contribution is -0.116. The molecule has 3 rings (SSSR count). The van der Waals surface area contributed by atoms with Crippen LogP contribution in [0.3, 0.4) is 0 Å². The van der Waals surface area contributed by atoms with Crippen molar-refractivity contribution in [3.63, 3.8) is 0 Å². The number of hydrogen-bond donors (Lipinski definition) is 1. The number of nitrogens with zero attached hydrogens (tertiary/aromatic N) is 2. The van der Waals surface area contributed by atoms with Gasteiger partial charge < -0.3 is 5.32 Å². The lowest BCUT2D eigenvalue weighted by Gasteiger charge is -2.04. The maximum atomic E-state index is 13.0. The second-order valence-corrected chi connectivity index (χ2v) is 7.23. The van der Waals surface area contributed by atoms with Gasteiger partial charge in [0.05, 0.1) is 5.69 Å². The number of halogens is 1. The molecule has 8 heteroatoms. The number of amides is 1. The van der Waals surface area contributed by atoms with Gasteiger partial charge in [-0.15, -0.1) is 11.3 Å². The number of carbonyl (C=O) groups excluding carboxylic acids is 1. The van der Waals surface area contributed by atoms with E-state index in [1.807, 2.05) is 6.92 Å². The number of hydrogen-bond acceptors (Lipinski definition) is 5. The fourth-order valence-corrected chi connectivity index (χ4v) is 3.81. The molecule has 2 aromatic heterocycles. The van der Waals surface area contributed by atoms with Crippen LogP contribution in [0.4, 0.5) is 9.52 Å². The molecule has 0 atom stereocenters. The molecule has 0 saturated heterocycles. The van der Waals surface area contributed by atoms with Crippen LogP contribution in [0, 0.1) is 19.7 Å². The van der Waals surface area contributed by atoms with Gasteiger partial charge in [0.2, 0.25) is 5.91 Å². The molecule has 0 fully saturated rings. The minimum absolute atomic E-state index is 0.0430. The Morgan fingerprint density at radius 1 is 1.29 bits per heavy atom. The quantitative estimate of drug-likeness (QED) is 0.772.